The lowest BCUT2D eigenvalue weighted by Crippen LogP contribution is -2.39. The number of amides is 1. The van der Waals surface area contributed by atoms with Gasteiger partial charge in [0.2, 0.25) is 5.91 Å². The molecular formula is C19H26FNO4. The SMILES string of the molecule is CC(OC1CCCCCC1)C(=O)NC(CC(=O)O)c1ccc(F)cc1. The van der Waals surface area contributed by atoms with Crippen LogP contribution in [0.4, 0.5) is 4.39 Å². The van der Waals surface area contributed by atoms with Crippen molar-refractivity contribution in [2.75, 3.05) is 0 Å². The van der Waals surface area contributed by atoms with Gasteiger partial charge in [0.1, 0.15) is 11.9 Å². The molecule has 1 aliphatic carbocycles. The normalized spacial score (nSPS) is 18.2. The van der Waals surface area contributed by atoms with Crippen LogP contribution in [0.2, 0.25) is 0 Å². The van der Waals surface area contributed by atoms with Crippen LogP contribution in [0.5, 0.6) is 0 Å². The summed E-state index contributed by atoms with van der Waals surface area (Å²) in [5, 5.41) is 11.8. The molecule has 0 aromatic heterocycles. The molecule has 0 aliphatic heterocycles. The number of rotatable bonds is 7. The molecule has 0 radical (unpaired) electrons. The van der Waals surface area contributed by atoms with E-state index in [0.29, 0.717) is 5.56 Å². The maximum atomic E-state index is 13.1. The van der Waals surface area contributed by atoms with Gasteiger partial charge in [-0.05, 0) is 37.5 Å². The Morgan fingerprint density at radius 1 is 1.20 bits per heavy atom. The lowest BCUT2D eigenvalue weighted by atomic mass is 10.0. The number of carbonyl (C=O) groups is 2. The monoisotopic (exact) mass is 351 g/mol. The van der Waals surface area contributed by atoms with Gasteiger partial charge < -0.3 is 15.2 Å². The number of aliphatic carboxylic acids is 1. The van der Waals surface area contributed by atoms with Crippen molar-refractivity contribution in [3.8, 4) is 0 Å². The van der Waals surface area contributed by atoms with Gasteiger partial charge in [-0.15, -0.1) is 0 Å². The minimum Gasteiger partial charge on any atom is -0.481 e. The first kappa shape index (κ1) is 19.4. The summed E-state index contributed by atoms with van der Waals surface area (Å²) in [4.78, 5) is 23.5. The maximum Gasteiger partial charge on any atom is 0.305 e. The number of carboxylic acid groups (broad SMARTS) is 1. The van der Waals surface area contributed by atoms with Crippen molar-refractivity contribution in [2.24, 2.45) is 0 Å². The van der Waals surface area contributed by atoms with Crippen LogP contribution in [0.3, 0.4) is 0 Å². The van der Waals surface area contributed by atoms with Crippen molar-refractivity contribution in [1.29, 1.82) is 0 Å². The lowest BCUT2D eigenvalue weighted by Gasteiger charge is -2.23. The molecule has 1 aliphatic rings. The molecule has 0 saturated heterocycles. The van der Waals surface area contributed by atoms with E-state index in [1.807, 2.05) is 0 Å². The summed E-state index contributed by atoms with van der Waals surface area (Å²) < 4.78 is 18.9. The largest absolute Gasteiger partial charge is 0.481 e. The quantitative estimate of drug-likeness (QED) is 0.736. The molecule has 0 spiro atoms. The van der Waals surface area contributed by atoms with Gasteiger partial charge >= 0.3 is 5.97 Å². The Labute approximate surface area is 147 Å². The first-order chi connectivity index (χ1) is 12.0. The smallest absolute Gasteiger partial charge is 0.305 e. The summed E-state index contributed by atoms with van der Waals surface area (Å²) in [6.07, 6.45) is 5.67. The predicted octanol–water partition coefficient (Wildman–Crippen LogP) is 3.59. The van der Waals surface area contributed by atoms with Crippen molar-refractivity contribution < 1.29 is 23.8 Å². The van der Waals surface area contributed by atoms with E-state index in [-0.39, 0.29) is 18.4 Å². The summed E-state index contributed by atoms with van der Waals surface area (Å²) in [6, 6.07) is 4.76. The highest BCUT2D eigenvalue weighted by molar-refractivity contribution is 5.81. The second-order valence-electron chi connectivity index (χ2n) is 6.60. The number of carboxylic acids is 1. The fraction of sp³-hybridized carbons (Fsp3) is 0.579. The Hall–Kier alpha value is -1.95. The zero-order chi connectivity index (χ0) is 18.2. The first-order valence-corrected chi connectivity index (χ1v) is 8.89. The van der Waals surface area contributed by atoms with Crippen LogP contribution in [-0.4, -0.2) is 29.2 Å². The summed E-state index contributed by atoms with van der Waals surface area (Å²) in [5.74, 6) is -1.79. The summed E-state index contributed by atoms with van der Waals surface area (Å²) in [6.45, 7) is 1.68. The molecule has 0 heterocycles. The molecular weight excluding hydrogens is 325 g/mol. The van der Waals surface area contributed by atoms with E-state index in [1.54, 1.807) is 6.92 Å². The molecule has 1 aromatic carbocycles. The number of carbonyl (C=O) groups excluding carboxylic acids is 1. The second-order valence-corrected chi connectivity index (χ2v) is 6.60. The first-order valence-electron chi connectivity index (χ1n) is 8.89. The third kappa shape index (κ3) is 6.46. The maximum absolute atomic E-state index is 13.1. The van der Waals surface area contributed by atoms with Crippen molar-refractivity contribution in [1.82, 2.24) is 5.32 Å². The summed E-state index contributed by atoms with van der Waals surface area (Å²) in [5.41, 5.74) is 0.554. The Kier molecular flexibility index (Phi) is 7.37. The van der Waals surface area contributed by atoms with Crippen molar-refractivity contribution in [3.63, 3.8) is 0 Å². The van der Waals surface area contributed by atoms with Gasteiger partial charge in [-0.2, -0.15) is 0 Å². The van der Waals surface area contributed by atoms with Crippen LogP contribution in [0.25, 0.3) is 0 Å². The molecule has 1 aromatic rings. The molecule has 138 valence electrons. The van der Waals surface area contributed by atoms with Gasteiger partial charge in [-0.3, -0.25) is 9.59 Å². The van der Waals surface area contributed by atoms with E-state index >= 15 is 0 Å². The Morgan fingerprint density at radius 2 is 1.80 bits per heavy atom. The van der Waals surface area contributed by atoms with Crippen LogP contribution in [0.15, 0.2) is 24.3 Å². The van der Waals surface area contributed by atoms with Gasteiger partial charge in [-0.1, -0.05) is 37.8 Å². The molecule has 2 unspecified atom stereocenters. The van der Waals surface area contributed by atoms with E-state index in [2.05, 4.69) is 5.32 Å². The highest BCUT2D eigenvalue weighted by atomic mass is 19.1. The fourth-order valence-electron chi connectivity index (χ4n) is 3.14. The van der Waals surface area contributed by atoms with Gasteiger partial charge in [-0.25, -0.2) is 4.39 Å². The van der Waals surface area contributed by atoms with Crippen molar-refractivity contribution >= 4 is 11.9 Å². The molecule has 1 amide bonds. The number of hydrogen-bond acceptors (Lipinski definition) is 3. The highest BCUT2D eigenvalue weighted by Crippen LogP contribution is 2.22. The topological polar surface area (TPSA) is 75.6 Å². The molecule has 2 atom stereocenters. The zero-order valence-electron chi connectivity index (χ0n) is 14.5. The Bertz CT molecular complexity index is 567. The van der Waals surface area contributed by atoms with Crippen molar-refractivity contribution in [3.05, 3.63) is 35.6 Å². The number of ether oxygens (including phenoxy) is 1. The third-order valence-electron chi connectivity index (χ3n) is 4.54. The number of nitrogens with one attached hydrogen (secondary N) is 1. The Balaban J connectivity index is 1.97. The Morgan fingerprint density at radius 3 is 2.36 bits per heavy atom. The lowest BCUT2D eigenvalue weighted by molar-refractivity contribution is -0.139. The molecule has 5 nitrogen and oxygen atoms in total. The van der Waals surface area contributed by atoms with E-state index in [4.69, 9.17) is 9.84 Å². The average Bonchev–Trinajstić information content (AvgIpc) is 2.83. The molecule has 0 bridgehead atoms. The number of halogens is 1. The average molecular weight is 351 g/mol. The second kappa shape index (κ2) is 9.51. The minimum atomic E-state index is -1.04. The fourth-order valence-corrected chi connectivity index (χ4v) is 3.14. The van der Waals surface area contributed by atoms with Crippen LogP contribution in [0, 0.1) is 5.82 Å². The van der Waals surface area contributed by atoms with Crippen LogP contribution >= 0.6 is 0 Å². The van der Waals surface area contributed by atoms with E-state index < -0.39 is 23.9 Å². The van der Waals surface area contributed by atoms with Crippen molar-refractivity contribution in [2.45, 2.75) is 70.1 Å². The third-order valence-corrected chi connectivity index (χ3v) is 4.54. The highest BCUT2D eigenvalue weighted by Gasteiger charge is 2.24. The molecule has 1 fully saturated rings. The van der Waals surface area contributed by atoms with E-state index in [1.165, 1.54) is 37.1 Å². The molecule has 25 heavy (non-hydrogen) atoms. The van der Waals surface area contributed by atoms with Crippen LogP contribution in [0.1, 0.15) is 63.5 Å². The number of benzene rings is 1. The predicted molar refractivity (Wildman–Crippen MR) is 91.6 cm³/mol. The van der Waals surface area contributed by atoms with Gasteiger partial charge in [0.05, 0.1) is 18.6 Å². The van der Waals surface area contributed by atoms with E-state index in [0.717, 1.165) is 25.7 Å². The molecule has 2 rings (SSSR count). The number of hydrogen-bond donors (Lipinski definition) is 2. The summed E-state index contributed by atoms with van der Waals surface area (Å²) in [7, 11) is 0. The standard InChI is InChI=1S/C19H26FNO4/c1-13(25-16-6-4-2-3-5-7-16)19(24)21-17(12-18(22)23)14-8-10-15(20)11-9-14/h8-11,13,16-17H,2-7,12H2,1H3,(H,21,24)(H,22,23). The van der Waals surface area contributed by atoms with Crippen LogP contribution in [-0.2, 0) is 14.3 Å². The van der Waals surface area contributed by atoms with Crippen LogP contribution < -0.4 is 5.32 Å². The van der Waals surface area contributed by atoms with Gasteiger partial charge in [0.25, 0.3) is 0 Å². The van der Waals surface area contributed by atoms with Gasteiger partial charge in [0, 0.05) is 0 Å². The van der Waals surface area contributed by atoms with E-state index in [9.17, 15) is 14.0 Å². The molecule has 2 N–H and O–H groups in total. The van der Waals surface area contributed by atoms with Gasteiger partial charge in [0.15, 0.2) is 0 Å². The zero-order valence-corrected chi connectivity index (χ0v) is 14.5. The summed E-state index contributed by atoms with van der Waals surface area (Å²) >= 11 is 0. The minimum absolute atomic E-state index is 0.0759. The molecule has 6 heteroatoms. The molecule has 1 saturated carbocycles.